The number of imidazole rings is 1. The summed E-state index contributed by atoms with van der Waals surface area (Å²) in [5, 5.41) is 0.882. The third-order valence-electron chi connectivity index (χ3n) is 2.95. The van der Waals surface area contributed by atoms with Crippen molar-refractivity contribution in [3.8, 4) is 5.69 Å². The molecule has 0 aliphatic heterocycles. The van der Waals surface area contributed by atoms with Crippen LogP contribution in [0.25, 0.3) is 16.7 Å². The van der Waals surface area contributed by atoms with Gasteiger partial charge in [-0.15, -0.1) is 0 Å². The van der Waals surface area contributed by atoms with Gasteiger partial charge in [0.05, 0.1) is 36.8 Å². The number of fused-ring (bicyclic) bond motifs is 1. The molecule has 0 radical (unpaired) electrons. The van der Waals surface area contributed by atoms with Crippen molar-refractivity contribution in [1.82, 2.24) is 9.55 Å². The lowest BCUT2D eigenvalue weighted by atomic mass is 10.2. The highest BCUT2D eigenvalue weighted by Gasteiger charge is 2.16. The van der Waals surface area contributed by atoms with Crippen molar-refractivity contribution in [2.24, 2.45) is 0 Å². The summed E-state index contributed by atoms with van der Waals surface area (Å²) in [6.07, 6.45) is 0. The van der Waals surface area contributed by atoms with Gasteiger partial charge >= 0.3 is 0 Å². The van der Waals surface area contributed by atoms with Gasteiger partial charge < -0.3 is 5.73 Å². The fourth-order valence-electron chi connectivity index (χ4n) is 2.03. The van der Waals surface area contributed by atoms with Gasteiger partial charge in [-0.3, -0.25) is 4.57 Å². The smallest absolute Gasteiger partial charge is 0.205 e. The lowest BCUT2D eigenvalue weighted by molar-refractivity contribution is 0.629. The molecule has 0 atom stereocenters. The molecule has 3 aromatic rings. The zero-order chi connectivity index (χ0) is 15.3. The summed E-state index contributed by atoms with van der Waals surface area (Å²) in [7, 11) is 0. The molecule has 21 heavy (non-hydrogen) atoms. The van der Waals surface area contributed by atoms with Gasteiger partial charge in [-0.05, 0) is 18.2 Å². The number of nitrogens with two attached hydrogens (primary N) is 1. The molecular formula is C13H6Cl4FN3. The van der Waals surface area contributed by atoms with Crippen LogP contribution in [0.2, 0.25) is 20.1 Å². The number of anilines is 1. The van der Waals surface area contributed by atoms with Crippen LogP contribution in [0.3, 0.4) is 0 Å². The normalized spacial score (nSPS) is 11.3. The Morgan fingerprint density at radius 2 is 1.57 bits per heavy atom. The van der Waals surface area contributed by atoms with Crippen molar-refractivity contribution >= 4 is 63.4 Å². The largest absolute Gasteiger partial charge is 0.369 e. The number of hydrogen-bond acceptors (Lipinski definition) is 2. The first kappa shape index (κ1) is 14.7. The minimum absolute atomic E-state index is 0.0348. The second-order valence-corrected chi connectivity index (χ2v) is 5.91. The highest BCUT2D eigenvalue weighted by molar-refractivity contribution is 6.43. The topological polar surface area (TPSA) is 43.8 Å². The Labute approximate surface area is 139 Å². The molecule has 0 aliphatic rings. The van der Waals surface area contributed by atoms with E-state index in [9.17, 15) is 4.39 Å². The number of halogens is 5. The van der Waals surface area contributed by atoms with E-state index < -0.39 is 5.82 Å². The molecule has 0 bridgehead atoms. The van der Waals surface area contributed by atoms with Gasteiger partial charge in [0.2, 0.25) is 5.95 Å². The summed E-state index contributed by atoms with van der Waals surface area (Å²) in [5.74, 6) is -0.451. The van der Waals surface area contributed by atoms with E-state index in [1.807, 2.05) is 0 Å². The quantitative estimate of drug-likeness (QED) is 0.590. The average molecular weight is 365 g/mol. The maximum Gasteiger partial charge on any atom is 0.205 e. The van der Waals surface area contributed by atoms with Crippen LogP contribution in [0.15, 0.2) is 24.3 Å². The SMILES string of the molecule is Nc1nc2cc(Cl)c(F)cc2n1-c1cc(Cl)c(Cl)cc1Cl. The van der Waals surface area contributed by atoms with Crippen LogP contribution in [-0.2, 0) is 0 Å². The number of benzene rings is 2. The zero-order valence-electron chi connectivity index (χ0n) is 10.2. The van der Waals surface area contributed by atoms with Crippen LogP contribution in [0.1, 0.15) is 0 Å². The Morgan fingerprint density at radius 3 is 2.29 bits per heavy atom. The van der Waals surface area contributed by atoms with Gasteiger partial charge in [0.15, 0.2) is 0 Å². The number of nitrogens with zero attached hydrogens (tertiary/aromatic N) is 2. The molecule has 0 saturated carbocycles. The fourth-order valence-corrected chi connectivity index (χ4v) is 2.81. The van der Waals surface area contributed by atoms with Gasteiger partial charge in [-0.25, -0.2) is 9.37 Å². The first-order valence-electron chi connectivity index (χ1n) is 5.66. The van der Waals surface area contributed by atoms with Crippen molar-refractivity contribution in [1.29, 1.82) is 0 Å². The number of nitrogen functional groups attached to an aromatic ring is 1. The Bertz CT molecular complexity index is 876. The molecule has 3 rings (SSSR count). The van der Waals surface area contributed by atoms with E-state index in [0.29, 0.717) is 31.8 Å². The molecule has 2 N–H and O–H groups in total. The second kappa shape index (κ2) is 5.21. The summed E-state index contributed by atoms with van der Waals surface area (Å²) in [6.45, 7) is 0. The predicted molar refractivity (Wildman–Crippen MR) is 85.5 cm³/mol. The Hall–Kier alpha value is -1.20. The summed E-state index contributed by atoms with van der Waals surface area (Å²) in [5.41, 5.74) is 7.22. The van der Waals surface area contributed by atoms with Crippen molar-refractivity contribution in [2.75, 3.05) is 5.73 Å². The summed E-state index contributed by atoms with van der Waals surface area (Å²) >= 11 is 23.8. The maximum atomic E-state index is 13.7. The van der Waals surface area contributed by atoms with Crippen LogP contribution >= 0.6 is 46.4 Å². The molecule has 8 heteroatoms. The minimum atomic E-state index is -0.582. The van der Waals surface area contributed by atoms with Gasteiger partial charge in [0, 0.05) is 6.07 Å². The van der Waals surface area contributed by atoms with Crippen molar-refractivity contribution in [2.45, 2.75) is 0 Å². The van der Waals surface area contributed by atoms with Gasteiger partial charge in [0.25, 0.3) is 0 Å². The second-order valence-electron chi connectivity index (χ2n) is 4.28. The molecule has 1 aromatic heterocycles. The summed E-state index contributed by atoms with van der Waals surface area (Å²) < 4.78 is 15.2. The first-order chi connectivity index (χ1) is 9.88. The van der Waals surface area contributed by atoms with E-state index in [-0.39, 0.29) is 11.0 Å². The van der Waals surface area contributed by atoms with Gasteiger partial charge in [-0.2, -0.15) is 0 Å². The highest BCUT2D eigenvalue weighted by Crippen LogP contribution is 2.35. The van der Waals surface area contributed by atoms with Gasteiger partial charge in [0.1, 0.15) is 5.82 Å². The van der Waals surface area contributed by atoms with Crippen LogP contribution in [0.4, 0.5) is 10.3 Å². The number of aromatic nitrogens is 2. The lowest BCUT2D eigenvalue weighted by Gasteiger charge is -2.10. The zero-order valence-corrected chi connectivity index (χ0v) is 13.2. The Kier molecular flexibility index (Phi) is 3.66. The van der Waals surface area contributed by atoms with Crippen molar-refractivity contribution < 1.29 is 4.39 Å². The van der Waals surface area contributed by atoms with Crippen LogP contribution in [-0.4, -0.2) is 9.55 Å². The maximum absolute atomic E-state index is 13.7. The third kappa shape index (κ3) is 2.42. The third-order valence-corrected chi connectivity index (χ3v) is 4.27. The average Bonchev–Trinajstić information content (AvgIpc) is 2.70. The molecule has 0 unspecified atom stereocenters. The van der Waals surface area contributed by atoms with Crippen LogP contribution in [0.5, 0.6) is 0 Å². The number of rotatable bonds is 1. The van der Waals surface area contributed by atoms with E-state index in [4.69, 9.17) is 52.1 Å². The molecule has 0 amide bonds. The first-order valence-corrected chi connectivity index (χ1v) is 7.17. The van der Waals surface area contributed by atoms with Crippen molar-refractivity contribution in [3.63, 3.8) is 0 Å². The predicted octanol–water partition coefficient (Wildman–Crippen LogP) is 5.36. The molecule has 2 aromatic carbocycles. The minimum Gasteiger partial charge on any atom is -0.369 e. The Morgan fingerprint density at radius 1 is 0.905 bits per heavy atom. The van der Waals surface area contributed by atoms with E-state index in [1.165, 1.54) is 28.8 Å². The van der Waals surface area contributed by atoms with Crippen molar-refractivity contribution in [3.05, 3.63) is 50.2 Å². The summed E-state index contributed by atoms with van der Waals surface area (Å²) in [4.78, 5) is 4.14. The highest BCUT2D eigenvalue weighted by atomic mass is 35.5. The van der Waals surface area contributed by atoms with E-state index in [1.54, 1.807) is 0 Å². The molecule has 1 heterocycles. The van der Waals surface area contributed by atoms with Gasteiger partial charge in [-0.1, -0.05) is 46.4 Å². The van der Waals surface area contributed by atoms with E-state index in [0.717, 1.165) is 0 Å². The van der Waals surface area contributed by atoms with Crippen LogP contribution in [0, 0.1) is 5.82 Å². The molecule has 0 spiro atoms. The monoisotopic (exact) mass is 363 g/mol. The molecule has 0 fully saturated rings. The Balaban J connectivity index is 2.37. The molecule has 0 saturated heterocycles. The van der Waals surface area contributed by atoms with E-state index in [2.05, 4.69) is 4.98 Å². The molecule has 0 aliphatic carbocycles. The molecular weight excluding hydrogens is 359 g/mol. The fraction of sp³-hybridized carbons (Fsp3) is 0. The standard InChI is InChI=1S/C13H6Cl4FN3/c14-5-1-8(17)11(3-6(5)15)21-12-4-9(18)7(16)2-10(12)20-13(21)19/h1-4H,(H2,19,20). The summed E-state index contributed by atoms with van der Waals surface area (Å²) in [6, 6.07) is 5.65. The lowest BCUT2D eigenvalue weighted by Crippen LogP contribution is -2.01. The molecule has 108 valence electrons. The van der Waals surface area contributed by atoms with Crippen LogP contribution < -0.4 is 5.73 Å². The number of hydrogen-bond donors (Lipinski definition) is 1. The van der Waals surface area contributed by atoms with E-state index >= 15 is 0 Å². The molecule has 3 nitrogen and oxygen atoms in total.